The summed E-state index contributed by atoms with van der Waals surface area (Å²) in [6, 6.07) is 6.66. The van der Waals surface area contributed by atoms with E-state index in [1.165, 1.54) is 5.56 Å². The van der Waals surface area contributed by atoms with Crippen molar-refractivity contribution >= 4 is 0 Å². The Bertz CT molecular complexity index is 439. The molecule has 19 heavy (non-hydrogen) atoms. The van der Waals surface area contributed by atoms with Gasteiger partial charge in [0, 0.05) is 12.6 Å². The zero-order valence-electron chi connectivity index (χ0n) is 11.5. The molecule has 1 fully saturated rings. The molecule has 0 amide bonds. The molecule has 1 aromatic carbocycles. The number of nitrogens with one attached hydrogen (secondary N) is 1. The van der Waals surface area contributed by atoms with Crippen LogP contribution in [0.25, 0.3) is 0 Å². The fourth-order valence-electron chi connectivity index (χ4n) is 2.89. The van der Waals surface area contributed by atoms with E-state index in [4.69, 9.17) is 14.2 Å². The first-order valence-corrected chi connectivity index (χ1v) is 6.98. The maximum Gasteiger partial charge on any atom is 0.231 e. The van der Waals surface area contributed by atoms with Crippen LogP contribution in [0.1, 0.15) is 32.3 Å². The van der Waals surface area contributed by atoms with Crippen LogP contribution in [0.4, 0.5) is 0 Å². The number of rotatable bonds is 3. The van der Waals surface area contributed by atoms with Gasteiger partial charge in [0.25, 0.3) is 0 Å². The maximum absolute atomic E-state index is 5.75. The summed E-state index contributed by atoms with van der Waals surface area (Å²) in [7, 11) is 0. The van der Waals surface area contributed by atoms with Gasteiger partial charge in [-0.3, -0.25) is 0 Å². The number of benzene rings is 1. The Morgan fingerprint density at radius 3 is 2.63 bits per heavy atom. The van der Waals surface area contributed by atoms with Gasteiger partial charge in [-0.15, -0.1) is 0 Å². The molecular formula is C15H21NO3. The molecule has 1 N–H and O–H groups in total. The van der Waals surface area contributed by atoms with E-state index in [1.54, 1.807) is 0 Å². The summed E-state index contributed by atoms with van der Waals surface area (Å²) < 4.78 is 16.5. The molecule has 0 aromatic heterocycles. The van der Waals surface area contributed by atoms with Crippen LogP contribution in [0.3, 0.4) is 0 Å². The zero-order valence-corrected chi connectivity index (χ0v) is 11.5. The van der Waals surface area contributed by atoms with Crippen LogP contribution in [0.15, 0.2) is 18.2 Å². The Balaban J connectivity index is 1.57. The number of ether oxygens (including phenoxy) is 3. The molecule has 0 radical (unpaired) electrons. The lowest BCUT2D eigenvalue weighted by Crippen LogP contribution is -2.40. The van der Waals surface area contributed by atoms with Gasteiger partial charge in [-0.25, -0.2) is 0 Å². The van der Waals surface area contributed by atoms with E-state index in [0.29, 0.717) is 25.0 Å². The van der Waals surface area contributed by atoms with Gasteiger partial charge in [-0.1, -0.05) is 6.07 Å². The van der Waals surface area contributed by atoms with E-state index < -0.39 is 0 Å². The lowest BCUT2D eigenvalue weighted by Gasteiger charge is -2.32. The molecule has 3 rings (SSSR count). The molecule has 2 atom stereocenters. The van der Waals surface area contributed by atoms with Gasteiger partial charge in [-0.2, -0.15) is 0 Å². The fourth-order valence-corrected chi connectivity index (χ4v) is 2.89. The van der Waals surface area contributed by atoms with Gasteiger partial charge >= 0.3 is 0 Å². The first-order valence-electron chi connectivity index (χ1n) is 6.98. The van der Waals surface area contributed by atoms with E-state index in [1.807, 2.05) is 6.07 Å². The third-order valence-corrected chi connectivity index (χ3v) is 3.73. The Hall–Kier alpha value is -1.26. The molecule has 0 aliphatic carbocycles. The molecule has 2 aliphatic heterocycles. The Morgan fingerprint density at radius 2 is 1.84 bits per heavy atom. The molecule has 0 saturated carbocycles. The molecule has 0 bridgehead atoms. The standard InChI is InChI=1S/C15H21NO3/c1-10-5-13(6-11(2)19-10)16-8-12-3-4-14-15(7-12)18-9-17-14/h3-4,7,10-11,13,16H,5-6,8-9H2,1-2H3. The normalized spacial score (nSPS) is 29.5. The third kappa shape index (κ3) is 3.01. The largest absolute Gasteiger partial charge is 0.454 e. The maximum atomic E-state index is 5.75. The molecule has 1 saturated heterocycles. The Labute approximate surface area is 114 Å². The minimum absolute atomic E-state index is 0.335. The van der Waals surface area contributed by atoms with Crippen LogP contribution in [-0.2, 0) is 11.3 Å². The van der Waals surface area contributed by atoms with Crippen molar-refractivity contribution in [2.24, 2.45) is 0 Å². The lowest BCUT2D eigenvalue weighted by molar-refractivity contribution is -0.0422. The van der Waals surface area contributed by atoms with Crippen molar-refractivity contribution in [1.29, 1.82) is 0 Å². The fraction of sp³-hybridized carbons (Fsp3) is 0.600. The van der Waals surface area contributed by atoms with Gasteiger partial charge in [0.05, 0.1) is 12.2 Å². The van der Waals surface area contributed by atoms with E-state index in [0.717, 1.165) is 30.9 Å². The molecule has 1 aromatic rings. The van der Waals surface area contributed by atoms with Crippen LogP contribution >= 0.6 is 0 Å². The van der Waals surface area contributed by atoms with Gasteiger partial charge in [0.2, 0.25) is 6.79 Å². The number of fused-ring (bicyclic) bond motifs is 1. The van der Waals surface area contributed by atoms with E-state index in [9.17, 15) is 0 Å². The minimum atomic E-state index is 0.335. The second kappa shape index (κ2) is 5.39. The summed E-state index contributed by atoms with van der Waals surface area (Å²) in [6.07, 6.45) is 2.85. The topological polar surface area (TPSA) is 39.7 Å². The van der Waals surface area contributed by atoms with Crippen LogP contribution < -0.4 is 14.8 Å². The number of hydrogen-bond acceptors (Lipinski definition) is 4. The zero-order chi connectivity index (χ0) is 13.2. The Morgan fingerprint density at radius 1 is 1.11 bits per heavy atom. The molecule has 4 nitrogen and oxygen atoms in total. The second-order valence-electron chi connectivity index (χ2n) is 5.49. The molecule has 2 aliphatic rings. The first kappa shape index (κ1) is 12.8. The number of hydrogen-bond donors (Lipinski definition) is 1. The quantitative estimate of drug-likeness (QED) is 0.909. The summed E-state index contributed by atoms with van der Waals surface area (Å²) in [4.78, 5) is 0. The third-order valence-electron chi connectivity index (χ3n) is 3.73. The summed E-state index contributed by atoms with van der Waals surface area (Å²) in [6.45, 7) is 5.48. The predicted octanol–water partition coefficient (Wildman–Crippen LogP) is 2.46. The highest BCUT2D eigenvalue weighted by Crippen LogP contribution is 2.32. The van der Waals surface area contributed by atoms with Crippen molar-refractivity contribution < 1.29 is 14.2 Å². The molecule has 104 valence electrons. The second-order valence-corrected chi connectivity index (χ2v) is 5.49. The van der Waals surface area contributed by atoms with Gasteiger partial charge < -0.3 is 19.5 Å². The summed E-state index contributed by atoms with van der Waals surface area (Å²) in [5.41, 5.74) is 1.23. The summed E-state index contributed by atoms with van der Waals surface area (Å²) in [5.74, 6) is 1.70. The molecule has 2 heterocycles. The predicted molar refractivity (Wildman–Crippen MR) is 72.4 cm³/mol. The van der Waals surface area contributed by atoms with Crippen molar-refractivity contribution in [1.82, 2.24) is 5.32 Å². The average molecular weight is 263 g/mol. The Kier molecular flexibility index (Phi) is 3.62. The minimum Gasteiger partial charge on any atom is -0.454 e. The van der Waals surface area contributed by atoms with E-state index in [-0.39, 0.29) is 0 Å². The van der Waals surface area contributed by atoms with Crippen molar-refractivity contribution in [3.8, 4) is 11.5 Å². The highest BCUT2D eigenvalue weighted by atomic mass is 16.7. The van der Waals surface area contributed by atoms with Crippen LogP contribution in [0.2, 0.25) is 0 Å². The van der Waals surface area contributed by atoms with Crippen molar-refractivity contribution in [2.45, 2.75) is 51.5 Å². The van der Waals surface area contributed by atoms with Crippen molar-refractivity contribution in [3.63, 3.8) is 0 Å². The van der Waals surface area contributed by atoms with Crippen LogP contribution in [0, 0.1) is 0 Å². The van der Waals surface area contributed by atoms with Crippen LogP contribution in [-0.4, -0.2) is 25.0 Å². The van der Waals surface area contributed by atoms with Crippen molar-refractivity contribution in [2.75, 3.05) is 6.79 Å². The molecular weight excluding hydrogens is 242 g/mol. The van der Waals surface area contributed by atoms with E-state index in [2.05, 4.69) is 31.3 Å². The molecule has 2 unspecified atom stereocenters. The SMILES string of the molecule is CC1CC(NCc2ccc3c(c2)OCO3)CC(C)O1. The summed E-state index contributed by atoms with van der Waals surface area (Å²) in [5, 5.41) is 3.61. The summed E-state index contributed by atoms with van der Waals surface area (Å²) >= 11 is 0. The molecule has 0 spiro atoms. The van der Waals surface area contributed by atoms with Gasteiger partial charge in [-0.05, 0) is 44.4 Å². The first-order chi connectivity index (χ1) is 9.20. The molecule has 4 heteroatoms. The van der Waals surface area contributed by atoms with E-state index >= 15 is 0 Å². The monoisotopic (exact) mass is 263 g/mol. The van der Waals surface area contributed by atoms with Crippen molar-refractivity contribution in [3.05, 3.63) is 23.8 Å². The van der Waals surface area contributed by atoms with Crippen LogP contribution in [0.5, 0.6) is 11.5 Å². The average Bonchev–Trinajstić information content (AvgIpc) is 2.82. The smallest absolute Gasteiger partial charge is 0.231 e. The van der Waals surface area contributed by atoms with Gasteiger partial charge in [0.15, 0.2) is 11.5 Å². The van der Waals surface area contributed by atoms with Gasteiger partial charge in [0.1, 0.15) is 0 Å². The lowest BCUT2D eigenvalue weighted by atomic mass is 9.99. The highest BCUT2D eigenvalue weighted by molar-refractivity contribution is 5.44. The highest BCUT2D eigenvalue weighted by Gasteiger charge is 2.24.